The van der Waals surface area contributed by atoms with Crippen LogP contribution in [0.4, 0.5) is 17.6 Å². The zero-order chi connectivity index (χ0) is 23.3. The van der Waals surface area contributed by atoms with E-state index in [4.69, 9.17) is 9.90 Å². The van der Waals surface area contributed by atoms with Crippen LogP contribution in [0, 0.1) is 5.82 Å². The quantitative estimate of drug-likeness (QED) is 0.568. The van der Waals surface area contributed by atoms with E-state index in [-0.39, 0.29) is 5.82 Å². The highest BCUT2D eigenvalue weighted by atomic mass is 19.4. The van der Waals surface area contributed by atoms with E-state index in [0.29, 0.717) is 12.2 Å². The van der Waals surface area contributed by atoms with Gasteiger partial charge in [0.15, 0.2) is 0 Å². The Bertz CT molecular complexity index is 1050. The van der Waals surface area contributed by atoms with Crippen LogP contribution in [-0.4, -0.2) is 60.3 Å². The molecule has 0 atom stereocenters. The minimum atomic E-state index is -5.08. The molecule has 2 N–H and O–H groups in total. The minimum absolute atomic E-state index is 0.302. The summed E-state index contributed by atoms with van der Waals surface area (Å²) in [7, 11) is 2.03. The molecule has 0 fully saturated rings. The molecule has 0 aliphatic carbocycles. The molecular weight excluding hydrogens is 434 g/mol. The van der Waals surface area contributed by atoms with Crippen LogP contribution in [0.15, 0.2) is 37.1 Å². The molecule has 0 amide bonds. The lowest BCUT2D eigenvalue weighted by molar-refractivity contribution is -0.192. The molecule has 0 spiro atoms. The molecule has 0 saturated carbocycles. The van der Waals surface area contributed by atoms with E-state index in [1.54, 1.807) is 12.1 Å². The second-order valence-corrected chi connectivity index (χ2v) is 7.12. The van der Waals surface area contributed by atoms with Crippen molar-refractivity contribution in [3.63, 3.8) is 0 Å². The Balaban J connectivity index is 0.000000360. The molecule has 4 rings (SSSR count). The SMILES string of the molecule is CN(Cc1ccc(-n2cncn2)c(F)c1)Cc1cnn2c1CNCC2.O=C(O)C(F)(F)F. The van der Waals surface area contributed by atoms with E-state index in [1.165, 1.54) is 28.6 Å². The van der Waals surface area contributed by atoms with Crippen molar-refractivity contribution in [2.45, 2.75) is 32.4 Å². The fraction of sp³-hybridized carbons (Fsp3) is 0.368. The minimum Gasteiger partial charge on any atom is -0.475 e. The number of rotatable bonds is 5. The summed E-state index contributed by atoms with van der Waals surface area (Å²) < 4.78 is 49.6. The standard InChI is InChI=1S/C17H20FN7.C2HF3O2/c1-23(10-14-7-21-24-5-4-19-8-17(14)24)9-13-2-3-16(15(18)6-13)25-12-20-11-22-25;3-2(4,5)1(6)7/h2-3,6-7,11-12,19H,4-5,8-10H2,1H3;(H,6,7). The molecule has 1 aliphatic heterocycles. The third-order valence-electron chi connectivity index (χ3n) is 4.64. The Morgan fingerprint density at radius 3 is 2.66 bits per heavy atom. The lowest BCUT2D eigenvalue weighted by Gasteiger charge is -2.20. The average Bonchev–Trinajstić information content (AvgIpc) is 3.39. The van der Waals surface area contributed by atoms with Gasteiger partial charge in [0.25, 0.3) is 0 Å². The maximum Gasteiger partial charge on any atom is 0.490 e. The Morgan fingerprint density at radius 1 is 1.28 bits per heavy atom. The van der Waals surface area contributed by atoms with E-state index in [1.807, 2.05) is 19.3 Å². The van der Waals surface area contributed by atoms with Crippen molar-refractivity contribution in [1.29, 1.82) is 0 Å². The van der Waals surface area contributed by atoms with Crippen LogP contribution in [0.25, 0.3) is 5.69 Å². The van der Waals surface area contributed by atoms with Crippen molar-refractivity contribution in [2.75, 3.05) is 13.6 Å². The molecule has 9 nitrogen and oxygen atoms in total. The predicted octanol–water partition coefficient (Wildman–Crippen LogP) is 1.97. The van der Waals surface area contributed by atoms with Crippen LogP contribution >= 0.6 is 0 Å². The lowest BCUT2D eigenvalue weighted by Crippen LogP contribution is -2.29. The number of nitrogens with zero attached hydrogens (tertiary/aromatic N) is 6. The molecule has 2 aromatic heterocycles. The second kappa shape index (κ2) is 9.87. The van der Waals surface area contributed by atoms with Crippen LogP contribution < -0.4 is 5.32 Å². The van der Waals surface area contributed by atoms with Crippen molar-refractivity contribution in [1.82, 2.24) is 34.8 Å². The number of carboxylic acids is 1. The first-order chi connectivity index (χ1) is 15.1. The summed E-state index contributed by atoms with van der Waals surface area (Å²) >= 11 is 0. The third kappa shape index (κ3) is 5.88. The topological polar surface area (TPSA) is 101 Å². The Hall–Kier alpha value is -3.32. The number of carboxylic acid groups (broad SMARTS) is 1. The predicted molar refractivity (Wildman–Crippen MR) is 104 cm³/mol. The van der Waals surface area contributed by atoms with E-state index in [2.05, 4.69) is 30.1 Å². The van der Waals surface area contributed by atoms with Crippen LogP contribution in [0.2, 0.25) is 0 Å². The van der Waals surface area contributed by atoms with Gasteiger partial charge in [0, 0.05) is 31.7 Å². The monoisotopic (exact) mass is 455 g/mol. The van der Waals surface area contributed by atoms with Gasteiger partial charge in [-0.25, -0.2) is 18.9 Å². The molecular formula is C19H21F4N7O2. The number of carbonyl (C=O) groups is 1. The normalized spacial score (nSPS) is 13.4. The Kier molecular flexibility index (Phi) is 7.20. The maximum absolute atomic E-state index is 14.3. The number of aliphatic carboxylic acids is 1. The molecule has 3 heterocycles. The fourth-order valence-corrected chi connectivity index (χ4v) is 3.20. The first-order valence-electron chi connectivity index (χ1n) is 9.51. The summed E-state index contributed by atoms with van der Waals surface area (Å²) in [5, 5.41) is 18.9. The van der Waals surface area contributed by atoms with Gasteiger partial charge >= 0.3 is 12.1 Å². The number of nitrogens with one attached hydrogen (secondary N) is 1. The van der Waals surface area contributed by atoms with Gasteiger partial charge in [0.1, 0.15) is 24.2 Å². The summed E-state index contributed by atoms with van der Waals surface area (Å²) in [4.78, 5) is 14.9. The number of aromatic nitrogens is 5. The van der Waals surface area contributed by atoms with Gasteiger partial charge in [-0.3, -0.25) is 9.58 Å². The number of fused-ring (bicyclic) bond motifs is 1. The highest BCUT2D eigenvalue weighted by molar-refractivity contribution is 5.73. The van der Waals surface area contributed by atoms with Crippen molar-refractivity contribution < 1.29 is 27.5 Å². The first kappa shape index (κ1) is 23.3. The summed E-state index contributed by atoms with van der Waals surface area (Å²) in [6.07, 6.45) is -0.267. The van der Waals surface area contributed by atoms with E-state index >= 15 is 0 Å². The zero-order valence-corrected chi connectivity index (χ0v) is 17.1. The highest BCUT2D eigenvalue weighted by Gasteiger charge is 2.38. The largest absolute Gasteiger partial charge is 0.490 e. The molecule has 32 heavy (non-hydrogen) atoms. The zero-order valence-electron chi connectivity index (χ0n) is 17.1. The van der Waals surface area contributed by atoms with Crippen LogP contribution in [-0.2, 0) is 31.0 Å². The second-order valence-electron chi connectivity index (χ2n) is 7.12. The summed E-state index contributed by atoms with van der Waals surface area (Å²) in [6, 6.07) is 5.22. The van der Waals surface area contributed by atoms with E-state index < -0.39 is 12.1 Å². The third-order valence-corrected chi connectivity index (χ3v) is 4.64. The van der Waals surface area contributed by atoms with Crippen LogP contribution in [0.1, 0.15) is 16.8 Å². The number of alkyl halides is 3. The van der Waals surface area contributed by atoms with Crippen LogP contribution in [0.3, 0.4) is 0 Å². The molecule has 3 aromatic rings. The first-order valence-corrected chi connectivity index (χ1v) is 9.51. The van der Waals surface area contributed by atoms with Gasteiger partial charge in [-0.2, -0.15) is 23.4 Å². The van der Waals surface area contributed by atoms with Gasteiger partial charge in [-0.1, -0.05) is 6.07 Å². The molecule has 1 aromatic carbocycles. The van der Waals surface area contributed by atoms with Crippen LogP contribution in [0.5, 0.6) is 0 Å². The molecule has 1 aliphatic rings. The van der Waals surface area contributed by atoms with Crippen molar-refractivity contribution in [2.24, 2.45) is 0 Å². The van der Waals surface area contributed by atoms with E-state index in [9.17, 15) is 17.6 Å². The number of hydrogen-bond acceptors (Lipinski definition) is 6. The molecule has 172 valence electrons. The van der Waals surface area contributed by atoms with Crippen molar-refractivity contribution >= 4 is 5.97 Å². The average molecular weight is 455 g/mol. The fourth-order valence-electron chi connectivity index (χ4n) is 3.20. The number of hydrogen-bond donors (Lipinski definition) is 2. The molecule has 13 heteroatoms. The molecule has 0 saturated heterocycles. The lowest BCUT2D eigenvalue weighted by atomic mass is 10.1. The molecule has 0 unspecified atom stereocenters. The number of halogens is 4. The van der Waals surface area contributed by atoms with Crippen molar-refractivity contribution in [3.05, 3.63) is 59.7 Å². The Labute approximate surface area is 180 Å². The molecule has 0 radical (unpaired) electrons. The van der Waals surface area contributed by atoms with Gasteiger partial charge in [-0.05, 0) is 24.7 Å². The van der Waals surface area contributed by atoms with Gasteiger partial charge in [0.2, 0.25) is 0 Å². The highest BCUT2D eigenvalue weighted by Crippen LogP contribution is 2.18. The molecule has 0 bridgehead atoms. The number of benzene rings is 1. The van der Waals surface area contributed by atoms with E-state index in [0.717, 1.165) is 31.7 Å². The summed E-state index contributed by atoms with van der Waals surface area (Å²) in [5.74, 6) is -3.06. The smallest absolute Gasteiger partial charge is 0.475 e. The van der Waals surface area contributed by atoms with Gasteiger partial charge < -0.3 is 10.4 Å². The van der Waals surface area contributed by atoms with Crippen molar-refractivity contribution in [3.8, 4) is 5.69 Å². The summed E-state index contributed by atoms with van der Waals surface area (Å²) in [5.41, 5.74) is 3.78. The maximum atomic E-state index is 14.3. The van der Waals surface area contributed by atoms with Gasteiger partial charge in [0.05, 0.1) is 18.4 Å². The van der Waals surface area contributed by atoms with Gasteiger partial charge in [-0.15, -0.1) is 0 Å². The summed E-state index contributed by atoms with van der Waals surface area (Å²) in [6.45, 7) is 4.16. The Morgan fingerprint density at radius 2 is 2.03 bits per heavy atom.